The molecule has 0 saturated carbocycles. The fraction of sp³-hybridized carbons (Fsp3) is 0.500. The summed E-state index contributed by atoms with van der Waals surface area (Å²) < 4.78 is 0. The van der Waals surface area contributed by atoms with Crippen molar-refractivity contribution in [2.45, 2.75) is 39.2 Å². The SMILES string of the molecule is C=CCCCC(NN)c1cc(C)c(C)s1. The van der Waals surface area contributed by atoms with Crippen molar-refractivity contribution < 1.29 is 0 Å². The Morgan fingerprint density at radius 3 is 2.80 bits per heavy atom. The average Bonchev–Trinajstić information content (AvgIpc) is 2.54. The van der Waals surface area contributed by atoms with Gasteiger partial charge < -0.3 is 0 Å². The van der Waals surface area contributed by atoms with Gasteiger partial charge in [0.25, 0.3) is 0 Å². The first kappa shape index (κ1) is 12.4. The number of allylic oxidation sites excluding steroid dienone is 1. The van der Waals surface area contributed by atoms with Gasteiger partial charge in [-0.2, -0.15) is 0 Å². The minimum absolute atomic E-state index is 0.294. The summed E-state index contributed by atoms with van der Waals surface area (Å²) in [6.45, 7) is 8.02. The molecule has 1 aromatic rings. The average molecular weight is 224 g/mol. The number of nitrogens with one attached hydrogen (secondary N) is 1. The largest absolute Gasteiger partial charge is 0.271 e. The Labute approximate surface area is 96.2 Å². The van der Waals surface area contributed by atoms with E-state index in [9.17, 15) is 0 Å². The van der Waals surface area contributed by atoms with E-state index in [0.29, 0.717) is 6.04 Å². The summed E-state index contributed by atoms with van der Waals surface area (Å²) in [6, 6.07) is 2.53. The van der Waals surface area contributed by atoms with Crippen molar-refractivity contribution in [2.75, 3.05) is 0 Å². The number of hydrogen-bond donors (Lipinski definition) is 2. The van der Waals surface area contributed by atoms with Gasteiger partial charge in [-0.15, -0.1) is 17.9 Å². The second kappa shape index (κ2) is 6.05. The number of hydrazine groups is 1. The smallest absolute Gasteiger partial charge is 0.0553 e. The van der Waals surface area contributed by atoms with E-state index < -0.39 is 0 Å². The number of unbranched alkanes of at least 4 members (excludes halogenated alkanes) is 1. The van der Waals surface area contributed by atoms with Crippen molar-refractivity contribution in [1.29, 1.82) is 0 Å². The van der Waals surface area contributed by atoms with Crippen LogP contribution in [0.2, 0.25) is 0 Å². The van der Waals surface area contributed by atoms with Gasteiger partial charge in [0.1, 0.15) is 0 Å². The lowest BCUT2D eigenvalue weighted by Gasteiger charge is -2.13. The van der Waals surface area contributed by atoms with E-state index in [4.69, 9.17) is 5.84 Å². The fourth-order valence-electron chi connectivity index (χ4n) is 1.55. The van der Waals surface area contributed by atoms with E-state index in [-0.39, 0.29) is 0 Å². The number of rotatable bonds is 6. The molecular formula is C12H20N2S. The van der Waals surface area contributed by atoms with Crippen LogP contribution in [-0.2, 0) is 0 Å². The maximum absolute atomic E-state index is 5.58. The summed E-state index contributed by atoms with van der Waals surface area (Å²) in [4.78, 5) is 2.73. The Bertz CT molecular complexity index is 298. The lowest BCUT2D eigenvalue weighted by molar-refractivity contribution is 0.508. The first-order chi connectivity index (χ1) is 7.19. The molecule has 1 heterocycles. The van der Waals surface area contributed by atoms with Crippen molar-refractivity contribution in [3.05, 3.63) is 34.0 Å². The number of thiophene rings is 1. The van der Waals surface area contributed by atoms with Gasteiger partial charge in [0, 0.05) is 9.75 Å². The molecular weight excluding hydrogens is 204 g/mol. The molecule has 1 atom stereocenters. The third-order valence-electron chi connectivity index (χ3n) is 2.63. The van der Waals surface area contributed by atoms with Gasteiger partial charge in [-0.05, 0) is 44.7 Å². The molecule has 1 unspecified atom stereocenters. The molecule has 1 rings (SSSR count). The number of nitrogens with two attached hydrogens (primary N) is 1. The van der Waals surface area contributed by atoms with Crippen LogP contribution < -0.4 is 11.3 Å². The molecule has 0 amide bonds. The van der Waals surface area contributed by atoms with E-state index in [0.717, 1.165) is 19.3 Å². The van der Waals surface area contributed by atoms with Crippen LogP contribution in [0.5, 0.6) is 0 Å². The van der Waals surface area contributed by atoms with E-state index >= 15 is 0 Å². The first-order valence-electron chi connectivity index (χ1n) is 5.33. The van der Waals surface area contributed by atoms with Crippen LogP contribution in [0, 0.1) is 13.8 Å². The van der Waals surface area contributed by atoms with E-state index in [2.05, 4.69) is 31.9 Å². The molecule has 0 radical (unpaired) electrons. The first-order valence-corrected chi connectivity index (χ1v) is 6.14. The molecule has 0 spiro atoms. The van der Waals surface area contributed by atoms with Gasteiger partial charge >= 0.3 is 0 Å². The standard InChI is InChI=1S/C12H20N2S/c1-4-5-6-7-11(14-13)12-8-9(2)10(3)15-12/h4,8,11,14H,1,5-7,13H2,2-3H3. The van der Waals surface area contributed by atoms with Gasteiger partial charge in [0.05, 0.1) is 6.04 Å². The summed E-state index contributed by atoms with van der Waals surface area (Å²) in [5.74, 6) is 5.58. The van der Waals surface area contributed by atoms with Crippen molar-refractivity contribution in [3.8, 4) is 0 Å². The van der Waals surface area contributed by atoms with Gasteiger partial charge in [0.15, 0.2) is 0 Å². The molecule has 0 fully saturated rings. The zero-order chi connectivity index (χ0) is 11.3. The Kier molecular flexibility index (Phi) is 5.02. The zero-order valence-electron chi connectivity index (χ0n) is 9.55. The summed E-state index contributed by atoms with van der Waals surface area (Å²) in [7, 11) is 0. The van der Waals surface area contributed by atoms with Crippen LogP contribution in [0.3, 0.4) is 0 Å². The highest BCUT2D eigenvalue weighted by Gasteiger charge is 2.12. The van der Waals surface area contributed by atoms with Crippen molar-refractivity contribution in [3.63, 3.8) is 0 Å². The van der Waals surface area contributed by atoms with E-state index in [1.807, 2.05) is 17.4 Å². The van der Waals surface area contributed by atoms with E-state index in [1.165, 1.54) is 15.3 Å². The minimum atomic E-state index is 0.294. The molecule has 0 aliphatic heterocycles. The monoisotopic (exact) mass is 224 g/mol. The van der Waals surface area contributed by atoms with Crippen LogP contribution in [0.1, 0.15) is 40.6 Å². The molecule has 1 aromatic heterocycles. The summed E-state index contributed by atoms with van der Waals surface area (Å²) in [5.41, 5.74) is 4.25. The summed E-state index contributed by atoms with van der Waals surface area (Å²) in [6.07, 6.45) is 5.22. The topological polar surface area (TPSA) is 38.0 Å². The fourth-order valence-corrected chi connectivity index (χ4v) is 2.68. The minimum Gasteiger partial charge on any atom is -0.271 e. The van der Waals surface area contributed by atoms with Crippen molar-refractivity contribution in [1.82, 2.24) is 5.43 Å². The molecule has 0 bridgehead atoms. The molecule has 0 aliphatic rings. The van der Waals surface area contributed by atoms with Crippen molar-refractivity contribution >= 4 is 11.3 Å². The predicted octanol–water partition coefficient (Wildman–Crippen LogP) is 3.23. The highest BCUT2D eigenvalue weighted by Crippen LogP contribution is 2.28. The zero-order valence-corrected chi connectivity index (χ0v) is 10.4. The van der Waals surface area contributed by atoms with Gasteiger partial charge in [0.2, 0.25) is 0 Å². The molecule has 0 aromatic carbocycles. The lowest BCUT2D eigenvalue weighted by Crippen LogP contribution is -2.27. The molecule has 3 heteroatoms. The molecule has 0 saturated heterocycles. The Morgan fingerprint density at radius 2 is 2.33 bits per heavy atom. The molecule has 0 aliphatic carbocycles. The molecule has 15 heavy (non-hydrogen) atoms. The van der Waals surface area contributed by atoms with Gasteiger partial charge in [-0.1, -0.05) is 6.08 Å². The molecule has 3 N–H and O–H groups in total. The predicted molar refractivity (Wildman–Crippen MR) is 67.9 cm³/mol. The summed E-state index contributed by atoms with van der Waals surface area (Å²) >= 11 is 1.84. The third-order valence-corrected chi connectivity index (χ3v) is 3.90. The quantitative estimate of drug-likeness (QED) is 0.337. The highest BCUT2D eigenvalue weighted by atomic mass is 32.1. The van der Waals surface area contributed by atoms with Crippen molar-refractivity contribution in [2.24, 2.45) is 5.84 Å². The maximum Gasteiger partial charge on any atom is 0.0553 e. The van der Waals surface area contributed by atoms with Gasteiger partial charge in [-0.25, -0.2) is 0 Å². The third kappa shape index (κ3) is 3.45. The van der Waals surface area contributed by atoms with Crippen LogP contribution in [0.15, 0.2) is 18.7 Å². The second-order valence-corrected chi connectivity index (χ2v) is 5.11. The van der Waals surface area contributed by atoms with Crippen LogP contribution in [0.25, 0.3) is 0 Å². The molecule has 2 nitrogen and oxygen atoms in total. The Balaban J connectivity index is 2.61. The Morgan fingerprint density at radius 1 is 1.60 bits per heavy atom. The number of aryl methyl sites for hydroxylation is 2. The second-order valence-electron chi connectivity index (χ2n) is 3.83. The van der Waals surface area contributed by atoms with Crippen LogP contribution >= 0.6 is 11.3 Å². The Hall–Kier alpha value is -0.640. The maximum atomic E-state index is 5.58. The van der Waals surface area contributed by atoms with E-state index in [1.54, 1.807) is 0 Å². The van der Waals surface area contributed by atoms with Crippen LogP contribution in [0.4, 0.5) is 0 Å². The lowest BCUT2D eigenvalue weighted by atomic mass is 10.1. The number of hydrogen-bond acceptors (Lipinski definition) is 3. The van der Waals surface area contributed by atoms with Crippen LogP contribution in [-0.4, -0.2) is 0 Å². The highest BCUT2D eigenvalue weighted by molar-refractivity contribution is 7.12. The summed E-state index contributed by atoms with van der Waals surface area (Å²) in [5, 5.41) is 0. The normalized spacial score (nSPS) is 12.7. The molecule has 84 valence electrons. The van der Waals surface area contributed by atoms with Gasteiger partial charge in [-0.3, -0.25) is 11.3 Å².